The smallest absolute Gasteiger partial charge is 0.222 e. The average Bonchev–Trinajstić information content (AvgIpc) is 2.39. The number of hydrogen-bond donors (Lipinski definition) is 0. The summed E-state index contributed by atoms with van der Waals surface area (Å²) in [5.74, 6) is -0.208. The molecular weight excluding hydrogens is 212 g/mol. The van der Waals surface area contributed by atoms with E-state index in [4.69, 9.17) is 0 Å². The number of rotatable bonds is 1. The van der Waals surface area contributed by atoms with E-state index in [0.717, 1.165) is 10.9 Å². The topological polar surface area (TPSA) is 39.8 Å². The summed E-state index contributed by atoms with van der Waals surface area (Å²) in [5, 5.41) is 12.9. The summed E-state index contributed by atoms with van der Waals surface area (Å²) < 4.78 is 1.78. The van der Waals surface area contributed by atoms with Crippen LogP contribution < -0.4 is 9.67 Å². The van der Waals surface area contributed by atoms with Crippen molar-refractivity contribution in [3.63, 3.8) is 0 Å². The molecule has 82 valence electrons. The van der Waals surface area contributed by atoms with E-state index < -0.39 is 0 Å². The highest BCUT2D eigenvalue weighted by atomic mass is 16.3. The van der Waals surface area contributed by atoms with Crippen LogP contribution in [0.15, 0.2) is 60.9 Å². The van der Waals surface area contributed by atoms with Gasteiger partial charge in [-0.15, -0.1) is 0 Å². The standard InChI is InChI=1S/C14H10N2O/c17-14-13(16-8-4-1-5-9-16)10-11-6-2-3-7-12(11)15-14/h1-10H. The quantitative estimate of drug-likeness (QED) is 0.586. The van der Waals surface area contributed by atoms with Gasteiger partial charge in [0, 0.05) is 23.6 Å². The molecule has 0 N–H and O–H groups in total. The Kier molecular flexibility index (Phi) is 2.22. The van der Waals surface area contributed by atoms with Crippen LogP contribution >= 0.6 is 0 Å². The van der Waals surface area contributed by atoms with E-state index in [1.165, 1.54) is 0 Å². The van der Waals surface area contributed by atoms with Crippen molar-refractivity contribution < 1.29 is 9.67 Å². The first-order valence-electron chi connectivity index (χ1n) is 5.38. The lowest BCUT2D eigenvalue weighted by Crippen LogP contribution is -2.30. The molecule has 0 amide bonds. The van der Waals surface area contributed by atoms with Gasteiger partial charge in [-0.3, -0.25) is 4.98 Å². The molecule has 0 radical (unpaired) electrons. The van der Waals surface area contributed by atoms with Crippen LogP contribution in [0.1, 0.15) is 0 Å². The lowest BCUT2D eigenvalue weighted by molar-refractivity contribution is -0.600. The van der Waals surface area contributed by atoms with Crippen LogP contribution in [0.4, 0.5) is 0 Å². The SMILES string of the molecule is [O-]c1nc2ccccc2cc1-[n+]1ccccc1. The molecule has 0 saturated heterocycles. The highest BCUT2D eigenvalue weighted by molar-refractivity contribution is 5.80. The minimum atomic E-state index is -0.208. The summed E-state index contributed by atoms with van der Waals surface area (Å²) in [6, 6.07) is 15.2. The van der Waals surface area contributed by atoms with Crippen LogP contribution in [0.3, 0.4) is 0 Å². The second-order valence-corrected chi connectivity index (χ2v) is 3.79. The Morgan fingerprint density at radius 2 is 1.71 bits per heavy atom. The molecule has 0 fully saturated rings. The average molecular weight is 222 g/mol. The fourth-order valence-electron chi connectivity index (χ4n) is 1.83. The van der Waals surface area contributed by atoms with Gasteiger partial charge in [0.15, 0.2) is 12.4 Å². The molecular formula is C14H10N2O. The minimum absolute atomic E-state index is 0.208. The Balaban J connectivity index is 2.27. The third-order valence-electron chi connectivity index (χ3n) is 2.66. The van der Waals surface area contributed by atoms with Crippen LogP contribution in [0.25, 0.3) is 16.6 Å². The Labute approximate surface area is 98.6 Å². The van der Waals surface area contributed by atoms with Gasteiger partial charge in [-0.2, -0.15) is 4.57 Å². The van der Waals surface area contributed by atoms with Gasteiger partial charge < -0.3 is 5.11 Å². The van der Waals surface area contributed by atoms with Gasteiger partial charge in [0.2, 0.25) is 5.69 Å². The van der Waals surface area contributed by atoms with E-state index in [1.54, 1.807) is 4.57 Å². The Morgan fingerprint density at radius 3 is 2.53 bits per heavy atom. The van der Waals surface area contributed by atoms with Crippen molar-refractivity contribution in [1.82, 2.24) is 4.98 Å². The molecule has 1 aromatic carbocycles. The zero-order valence-corrected chi connectivity index (χ0v) is 9.08. The number of para-hydroxylation sites is 1. The molecule has 0 atom stereocenters. The zero-order chi connectivity index (χ0) is 11.7. The van der Waals surface area contributed by atoms with Crippen molar-refractivity contribution in [3.05, 3.63) is 60.9 Å². The summed E-state index contributed by atoms with van der Waals surface area (Å²) in [7, 11) is 0. The number of nitrogens with zero attached hydrogens (tertiary/aromatic N) is 2. The van der Waals surface area contributed by atoms with Crippen molar-refractivity contribution in [2.45, 2.75) is 0 Å². The molecule has 3 rings (SSSR count). The van der Waals surface area contributed by atoms with E-state index in [-0.39, 0.29) is 5.88 Å². The van der Waals surface area contributed by atoms with E-state index in [9.17, 15) is 5.11 Å². The van der Waals surface area contributed by atoms with E-state index in [2.05, 4.69) is 4.98 Å². The van der Waals surface area contributed by atoms with Gasteiger partial charge in [-0.05, 0) is 6.07 Å². The van der Waals surface area contributed by atoms with Crippen molar-refractivity contribution in [2.24, 2.45) is 0 Å². The highest BCUT2D eigenvalue weighted by Gasteiger charge is 2.08. The molecule has 2 heterocycles. The second-order valence-electron chi connectivity index (χ2n) is 3.79. The van der Waals surface area contributed by atoms with Gasteiger partial charge in [-0.25, -0.2) is 0 Å². The molecule has 2 aromatic heterocycles. The van der Waals surface area contributed by atoms with Gasteiger partial charge in [0.25, 0.3) is 0 Å². The van der Waals surface area contributed by atoms with Crippen molar-refractivity contribution in [1.29, 1.82) is 0 Å². The molecule has 0 unspecified atom stereocenters. The Hall–Kier alpha value is -2.42. The molecule has 0 aliphatic carbocycles. The first-order valence-corrected chi connectivity index (χ1v) is 5.38. The van der Waals surface area contributed by atoms with Gasteiger partial charge >= 0.3 is 0 Å². The molecule has 0 aliphatic heterocycles. The van der Waals surface area contributed by atoms with Crippen molar-refractivity contribution in [3.8, 4) is 11.6 Å². The maximum absolute atomic E-state index is 11.9. The molecule has 0 bridgehead atoms. The molecule has 0 saturated carbocycles. The number of fused-ring (bicyclic) bond motifs is 1. The fourth-order valence-corrected chi connectivity index (χ4v) is 1.83. The fraction of sp³-hybridized carbons (Fsp3) is 0. The maximum atomic E-state index is 11.9. The molecule has 3 nitrogen and oxygen atoms in total. The first-order chi connectivity index (χ1) is 8.34. The summed E-state index contributed by atoms with van der Waals surface area (Å²) in [5.41, 5.74) is 1.31. The van der Waals surface area contributed by atoms with Crippen molar-refractivity contribution >= 4 is 10.9 Å². The molecule has 0 spiro atoms. The van der Waals surface area contributed by atoms with Crippen molar-refractivity contribution in [2.75, 3.05) is 0 Å². The molecule has 3 aromatic rings. The number of pyridine rings is 2. The first kappa shape index (κ1) is 9.78. The summed E-state index contributed by atoms with van der Waals surface area (Å²) in [6.45, 7) is 0. The lowest BCUT2D eigenvalue weighted by atomic mass is 10.2. The van der Waals surface area contributed by atoms with Gasteiger partial charge in [0.1, 0.15) is 0 Å². The van der Waals surface area contributed by atoms with E-state index in [1.807, 2.05) is 60.9 Å². The number of benzene rings is 1. The predicted octanol–water partition coefficient (Wildman–Crippen LogP) is 1.59. The van der Waals surface area contributed by atoms with Gasteiger partial charge in [0.05, 0.1) is 11.4 Å². The van der Waals surface area contributed by atoms with E-state index in [0.29, 0.717) is 5.69 Å². The Bertz CT molecular complexity index is 665. The normalized spacial score (nSPS) is 10.6. The van der Waals surface area contributed by atoms with E-state index >= 15 is 0 Å². The molecule has 3 heteroatoms. The van der Waals surface area contributed by atoms with Crippen LogP contribution in [-0.2, 0) is 0 Å². The zero-order valence-electron chi connectivity index (χ0n) is 9.08. The predicted molar refractivity (Wildman–Crippen MR) is 62.7 cm³/mol. The van der Waals surface area contributed by atoms with Gasteiger partial charge in [-0.1, -0.05) is 24.3 Å². The van der Waals surface area contributed by atoms with Crippen LogP contribution in [0.2, 0.25) is 0 Å². The molecule has 0 aliphatic rings. The summed E-state index contributed by atoms with van der Waals surface area (Å²) >= 11 is 0. The lowest BCUT2D eigenvalue weighted by Gasteiger charge is -2.08. The largest absolute Gasteiger partial charge is 0.854 e. The van der Waals surface area contributed by atoms with Crippen LogP contribution in [-0.4, -0.2) is 4.98 Å². The number of hydrogen-bond acceptors (Lipinski definition) is 2. The van der Waals surface area contributed by atoms with Crippen LogP contribution in [0, 0.1) is 0 Å². The monoisotopic (exact) mass is 222 g/mol. The summed E-state index contributed by atoms with van der Waals surface area (Å²) in [4.78, 5) is 4.08. The summed E-state index contributed by atoms with van der Waals surface area (Å²) in [6.07, 6.45) is 3.68. The molecule has 17 heavy (non-hydrogen) atoms. The number of aromatic nitrogens is 2. The second kappa shape index (κ2) is 3.87. The third-order valence-corrected chi connectivity index (χ3v) is 2.66. The third kappa shape index (κ3) is 1.72. The Morgan fingerprint density at radius 1 is 0.941 bits per heavy atom. The maximum Gasteiger partial charge on any atom is 0.222 e. The minimum Gasteiger partial charge on any atom is -0.854 e. The highest BCUT2D eigenvalue weighted by Crippen LogP contribution is 2.18. The van der Waals surface area contributed by atoms with Crippen LogP contribution in [0.5, 0.6) is 5.88 Å².